The molecule has 4 nitrogen and oxygen atoms in total. The van der Waals surface area contributed by atoms with Crippen LogP contribution in [0.1, 0.15) is 50.8 Å². The molecule has 2 heterocycles. The summed E-state index contributed by atoms with van der Waals surface area (Å²) in [5.41, 5.74) is 1.97. The van der Waals surface area contributed by atoms with Gasteiger partial charge in [-0.1, -0.05) is 26.3 Å². The fourth-order valence-electron chi connectivity index (χ4n) is 3.27. The zero-order valence-corrected chi connectivity index (χ0v) is 13.2. The van der Waals surface area contributed by atoms with E-state index in [0.717, 1.165) is 50.9 Å². The monoisotopic (exact) mass is 289 g/mol. The van der Waals surface area contributed by atoms with Crippen LogP contribution in [0.2, 0.25) is 0 Å². The van der Waals surface area contributed by atoms with Crippen LogP contribution in [0.5, 0.6) is 0 Å². The van der Waals surface area contributed by atoms with E-state index in [0.29, 0.717) is 6.54 Å². The number of piperidine rings is 1. The molecular formula is C17H27N3O. The molecule has 1 fully saturated rings. The maximum absolute atomic E-state index is 12.7. The average molecular weight is 289 g/mol. The first kappa shape index (κ1) is 16.0. The smallest absolute Gasteiger partial charge is 0.227 e. The molecule has 0 radical (unpaired) electrons. The maximum atomic E-state index is 12.7. The lowest BCUT2D eigenvalue weighted by molar-refractivity contribution is -0.132. The summed E-state index contributed by atoms with van der Waals surface area (Å²) in [6.07, 6.45) is 6.80. The topological polar surface area (TPSA) is 54.0 Å². The molecule has 116 valence electrons. The number of hydrogen-bond acceptors (Lipinski definition) is 3. The third kappa shape index (κ3) is 3.82. The molecule has 1 aliphatic heterocycles. The van der Waals surface area contributed by atoms with Gasteiger partial charge in [-0.25, -0.2) is 0 Å². The van der Waals surface area contributed by atoms with Crippen molar-refractivity contribution in [2.75, 3.05) is 13.1 Å². The van der Waals surface area contributed by atoms with Gasteiger partial charge >= 0.3 is 0 Å². The van der Waals surface area contributed by atoms with Crippen LogP contribution in [-0.4, -0.2) is 24.0 Å². The molecule has 0 bridgehead atoms. The van der Waals surface area contributed by atoms with E-state index in [1.807, 2.05) is 6.07 Å². The number of aromatic nitrogens is 1. The second-order valence-electron chi connectivity index (χ2n) is 5.96. The van der Waals surface area contributed by atoms with E-state index in [1.54, 1.807) is 6.20 Å². The lowest BCUT2D eigenvalue weighted by Gasteiger charge is -2.36. The molecule has 0 aromatic carbocycles. The van der Waals surface area contributed by atoms with E-state index in [-0.39, 0.29) is 11.3 Å². The summed E-state index contributed by atoms with van der Waals surface area (Å²) in [6.45, 7) is 6.63. The first-order valence-electron chi connectivity index (χ1n) is 8.13. The Morgan fingerprint density at radius 3 is 3.00 bits per heavy atom. The predicted octanol–water partition coefficient (Wildman–Crippen LogP) is 2.43. The van der Waals surface area contributed by atoms with E-state index >= 15 is 0 Å². The van der Waals surface area contributed by atoms with Crippen LogP contribution in [0.4, 0.5) is 0 Å². The van der Waals surface area contributed by atoms with Gasteiger partial charge in [-0.15, -0.1) is 0 Å². The number of rotatable bonds is 6. The van der Waals surface area contributed by atoms with Crippen LogP contribution in [0.25, 0.3) is 0 Å². The zero-order chi connectivity index (χ0) is 15.1. The SMILES string of the molecule is CCCC1(C(=O)NCc2ncccc2CC)CCCNC1. The van der Waals surface area contributed by atoms with Gasteiger partial charge in [0.1, 0.15) is 0 Å². The fourth-order valence-corrected chi connectivity index (χ4v) is 3.27. The summed E-state index contributed by atoms with van der Waals surface area (Å²) < 4.78 is 0. The second-order valence-corrected chi connectivity index (χ2v) is 5.96. The second kappa shape index (κ2) is 7.55. The normalized spacial score (nSPS) is 22.0. The molecule has 1 amide bonds. The van der Waals surface area contributed by atoms with Gasteiger partial charge in [0.2, 0.25) is 5.91 Å². The van der Waals surface area contributed by atoms with E-state index in [4.69, 9.17) is 0 Å². The van der Waals surface area contributed by atoms with E-state index in [9.17, 15) is 4.79 Å². The highest BCUT2D eigenvalue weighted by Gasteiger charge is 2.38. The van der Waals surface area contributed by atoms with Crippen molar-refractivity contribution in [3.05, 3.63) is 29.6 Å². The molecule has 1 atom stereocenters. The third-order valence-corrected chi connectivity index (χ3v) is 4.46. The Morgan fingerprint density at radius 1 is 1.48 bits per heavy atom. The molecule has 0 aliphatic carbocycles. The summed E-state index contributed by atoms with van der Waals surface area (Å²) >= 11 is 0. The summed E-state index contributed by atoms with van der Waals surface area (Å²) in [4.78, 5) is 17.1. The number of hydrogen-bond donors (Lipinski definition) is 2. The Hall–Kier alpha value is -1.42. The van der Waals surface area contributed by atoms with Gasteiger partial charge < -0.3 is 10.6 Å². The molecule has 1 aromatic heterocycles. The molecule has 2 rings (SSSR count). The van der Waals surface area contributed by atoms with Crippen LogP contribution in [0, 0.1) is 5.41 Å². The van der Waals surface area contributed by atoms with Crippen molar-refractivity contribution >= 4 is 5.91 Å². The number of carbonyl (C=O) groups excluding carboxylic acids is 1. The van der Waals surface area contributed by atoms with Crippen molar-refractivity contribution < 1.29 is 4.79 Å². The summed E-state index contributed by atoms with van der Waals surface area (Å²) in [5.74, 6) is 0.184. The molecule has 2 N–H and O–H groups in total. The van der Waals surface area contributed by atoms with Crippen molar-refractivity contribution in [2.24, 2.45) is 5.41 Å². The maximum Gasteiger partial charge on any atom is 0.227 e. The number of nitrogens with one attached hydrogen (secondary N) is 2. The standard InChI is InChI=1S/C17H27N3O/c1-3-8-17(9-6-10-18-13-17)16(21)20-12-15-14(4-2)7-5-11-19-15/h5,7,11,18H,3-4,6,8-10,12-13H2,1-2H3,(H,20,21). The van der Waals surface area contributed by atoms with Crippen LogP contribution < -0.4 is 10.6 Å². The molecule has 0 spiro atoms. The third-order valence-electron chi connectivity index (χ3n) is 4.46. The lowest BCUT2D eigenvalue weighted by Crippen LogP contribution is -2.50. The van der Waals surface area contributed by atoms with Crippen molar-refractivity contribution in [3.8, 4) is 0 Å². The Balaban J connectivity index is 2.02. The minimum Gasteiger partial charge on any atom is -0.350 e. The van der Waals surface area contributed by atoms with Crippen molar-refractivity contribution in [3.63, 3.8) is 0 Å². The Bertz CT molecular complexity index is 461. The average Bonchev–Trinajstić information content (AvgIpc) is 2.54. The van der Waals surface area contributed by atoms with Gasteiger partial charge in [0, 0.05) is 12.7 Å². The van der Waals surface area contributed by atoms with Crippen molar-refractivity contribution in [1.82, 2.24) is 15.6 Å². The van der Waals surface area contributed by atoms with Crippen molar-refractivity contribution in [1.29, 1.82) is 0 Å². The summed E-state index contributed by atoms with van der Waals surface area (Å²) in [7, 11) is 0. The molecule has 0 saturated carbocycles. The fraction of sp³-hybridized carbons (Fsp3) is 0.647. The van der Waals surface area contributed by atoms with Crippen molar-refractivity contribution in [2.45, 2.75) is 52.5 Å². The van der Waals surface area contributed by atoms with Crippen LogP contribution in [0.3, 0.4) is 0 Å². The van der Waals surface area contributed by atoms with Gasteiger partial charge in [-0.2, -0.15) is 0 Å². The molecule has 1 aromatic rings. The Labute approximate surface area is 127 Å². The highest BCUT2D eigenvalue weighted by Crippen LogP contribution is 2.31. The lowest BCUT2D eigenvalue weighted by atomic mass is 9.76. The highest BCUT2D eigenvalue weighted by atomic mass is 16.2. The Kier molecular flexibility index (Phi) is 5.74. The van der Waals surface area contributed by atoms with Crippen LogP contribution in [-0.2, 0) is 17.8 Å². The van der Waals surface area contributed by atoms with Gasteiger partial charge in [0.25, 0.3) is 0 Å². The number of aryl methyl sites for hydroxylation is 1. The quantitative estimate of drug-likeness (QED) is 0.845. The molecule has 21 heavy (non-hydrogen) atoms. The van der Waals surface area contributed by atoms with E-state index in [1.165, 1.54) is 5.56 Å². The largest absolute Gasteiger partial charge is 0.350 e. The van der Waals surface area contributed by atoms with E-state index in [2.05, 4.69) is 35.5 Å². The highest BCUT2D eigenvalue weighted by molar-refractivity contribution is 5.83. The summed E-state index contributed by atoms with van der Waals surface area (Å²) in [6, 6.07) is 4.03. The number of pyridine rings is 1. The molecule has 1 saturated heterocycles. The van der Waals surface area contributed by atoms with Gasteiger partial charge in [0.15, 0.2) is 0 Å². The molecular weight excluding hydrogens is 262 g/mol. The van der Waals surface area contributed by atoms with Gasteiger partial charge in [-0.05, 0) is 43.9 Å². The molecule has 1 aliphatic rings. The van der Waals surface area contributed by atoms with Crippen LogP contribution in [0.15, 0.2) is 18.3 Å². The first-order valence-corrected chi connectivity index (χ1v) is 8.13. The minimum atomic E-state index is -0.228. The summed E-state index contributed by atoms with van der Waals surface area (Å²) in [5, 5.41) is 6.51. The number of nitrogens with zero attached hydrogens (tertiary/aromatic N) is 1. The predicted molar refractivity (Wildman–Crippen MR) is 84.9 cm³/mol. The Morgan fingerprint density at radius 2 is 2.33 bits per heavy atom. The van der Waals surface area contributed by atoms with E-state index < -0.39 is 0 Å². The zero-order valence-electron chi connectivity index (χ0n) is 13.2. The number of carbonyl (C=O) groups is 1. The van der Waals surface area contributed by atoms with Gasteiger partial charge in [0.05, 0.1) is 17.7 Å². The number of amides is 1. The minimum absolute atomic E-state index is 0.184. The first-order chi connectivity index (χ1) is 10.2. The molecule has 1 unspecified atom stereocenters. The van der Waals surface area contributed by atoms with Gasteiger partial charge in [-0.3, -0.25) is 9.78 Å². The molecule has 4 heteroatoms. The van der Waals surface area contributed by atoms with Crippen LogP contribution >= 0.6 is 0 Å².